The summed E-state index contributed by atoms with van der Waals surface area (Å²) in [5.41, 5.74) is 1.17. The fourth-order valence-electron chi connectivity index (χ4n) is 4.38. The maximum atomic E-state index is 13.0. The molecule has 2 aliphatic heterocycles. The standard InChI is InChI=1S/C23H20N2O4/c26-21-17-6-1-4-16-5-2-7-18(20(16)17)22(27)25(21)14-15-9-11-24(12-10-15)23(28)19-8-3-13-29-19/h1-8,13,15H,9-12,14H2. The molecule has 0 atom stereocenters. The van der Waals surface area contributed by atoms with Gasteiger partial charge in [-0.2, -0.15) is 0 Å². The van der Waals surface area contributed by atoms with E-state index < -0.39 is 0 Å². The molecule has 3 heterocycles. The molecule has 6 heteroatoms. The fraction of sp³-hybridized carbons (Fsp3) is 0.261. The lowest BCUT2D eigenvalue weighted by Gasteiger charge is -2.35. The maximum Gasteiger partial charge on any atom is 0.289 e. The number of hydrogen-bond acceptors (Lipinski definition) is 4. The van der Waals surface area contributed by atoms with Crippen molar-refractivity contribution in [3.8, 4) is 0 Å². The molecule has 3 aromatic rings. The smallest absolute Gasteiger partial charge is 0.289 e. The zero-order valence-electron chi connectivity index (χ0n) is 15.8. The predicted molar refractivity (Wildman–Crippen MR) is 107 cm³/mol. The van der Waals surface area contributed by atoms with E-state index in [1.54, 1.807) is 29.2 Å². The first-order valence-corrected chi connectivity index (χ1v) is 9.84. The lowest BCUT2D eigenvalue weighted by molar-refractivity contribution is 0.0517. The third-order valence-electron chi connectivity index (χ3n) is 5.93. The fourth-order valence-corrected chi connectivity index (χ4v) is 4.38. The molecule has 2 aliphatic rings. The van der Waals surface area contributed by atoms with Gasteiger partial charge in [0.2, 0.25) is 0 Å². The van der Waals surface area contributed by atoms with E-state index in [-0.39, 0.29) is 23.6 Å². The molecule has 0 bridgehead atoms. The Labute approximate surface area is 167 Å². The maximum absolute atomic E-state index is 13.0. The minimum absolute atomic E-state index is 0.112. The molecule has 1 saturated heterocycles. The number of nitrogens with zero attached hydrogens (tertiary/aromatic N) is 2. The van der Waals surface area contributed by atoms with E-state index >= 15 is 0 Å². The summed E-state index contributed by atoms with van der Waals surface area (Å²) < 4.78 is 5.20. The average Bonchev–Trinajstić information content (AvgIpc) is 3.30. The van der Waals surface area contributed by atoms with E-state index in [2.05, 4.69) is 0 Å². The molecular weight excluding hydrogens is 368 g/mol. The van der Waals surface area contributed by atoms with Crippen molar-refractivity contribution < 1.29 is 18.8 Å². The third-order valence-corrected chi connectivity index (χ3v) is 5.93. The molecule has 6 nitrogen and oxygen atoms in total. The molecule has 29 heavy (non-hydrogen) atoms. The molecule has 5 rings (SSSR count). The summed E-state index contributed by atoms with van der Waals surface area (Å²) in [5.74, 6) is -0.0523. The van der Waals surface area contributed by atoms with Gasteiger partial charge in [0.05, 0.1) is 6.26 Å². The minimum atomic E-state index is -0.228. The molecule has 0 N–H and O–H groups in total. The van der Waals surface area contributed by atoms with Crippen LogP contribution in [-0.4, -0.2) is 47.2 Å². The van der Waals surface area contributed by atoms with Gasteiger partial charge in [0, 0.05) is 36.1 Å². The van der Waals surface area contributed by atoms with E-state index in [4.69, 9.17) is 4.42 Å². The highest BCUT2D eigenvalue weighted by molar-refractivity contribution is 6.25. The second kappa shape index (κ2) is 6.88. The third kappa shape index (κ3) is 2.92. The molecule has 0 radical (unpaired) electrons. The van der Waals surface area contributed by atoms with E-state index in [1.807, 2.05) is 24.3 Å². The van der Waals surface area contributed by atoms with E-state index in [1.165, 1.54) is 11.2 Å². The molecule has 2 aromatic carbocycles. The number of furan rings is 1. The van der Waals surface area contributed by atoms with Gasteiger partial charge in [-0.05, 0) is 48.4 Å². The number of amides is 3. The van der Waals surface area contributed by atoms with Crippen molar-refractivity contribution >= 4 is 28.5 Å². The van der Waals surface area contributed by atoms with Crippen LogP contribution in [0.25, 0.3) is 10.8 Å². The van der Waals surface area contributed by atoms with Gasteiger partial charge in [-0.1, -0.05) is 24.3 Å². The Morgan fingerprint density at radius 3 is 2.17 bits per heavy atom. The van der Waals surface area contributed by atoms with Crippen molar-refractivity contribution in [3.05, 3.63) is 71.7 Å². The summed E-state index contributed by atoms with van der Waals surface area (Å²) in [4.78, 5) is 41.7. The number of piperidine rings is 1. The molecule has 1 aromatic heterocycles. The Hall–Kier alpha value is -3.41. The number of carbonyl (C=O) groups excluding carboxylic acids is 3. The number of benzene rings is 2. The summed E-state index contributed by atoms with van der Waals surface area (Å²) >= 11 is 0. The topological polar surface area (TPSA) is 70.8 Å². The van der Waals surface area contributed by atoms with Crippen LogP contribution < -0.4 is 0 Å². The first-order valence-electron chi connectivity index (χ1n) is 9.84. The second-order valence-corrected chi connectivity index (χ2v) is 7.64. The molecule has 3 amide bonds. The summed E-state index contributed by atoms with van der Waals surface area (Å²) in [6.45, 7) is 1.56. The van der Waals surface area contributed by atoms with Crippen molar-refractivity contribution in [2.45, 2.75) is 12.8 Å². The second-order valence-electron chi connectivity index (χ2n) is 7.64. The lowest BCUT2D eigenvalue weighted by Crippen LogP contribution is -2.46. The highest BCUT2D eigenvalue weighted by atomic mass is 16.3. The number of rotatable bonds is 3. The predicted octanol–water partition coefficient (Wildman–Crippen LogP) is 3.58. The van der Waals surface area contributed by atoms with Crippen LogP contribution in [0.1, 0.15) is 44.1 Å². The first kappa shape index (κ1) is 17.7. The largest absolute Gasteiger partial charge is 0.459 e. The van der Waals surface area contributed by atoms with Gasteiger partial charge in [-0.3, -0.25) is 19.3 Å². The number of imide groups is 1. The van der Waals surface area contributed by atoms with Gasteiger partial charge in [-0.25, -0.2) is 0 Å². The van der Waals surface area contributed by atoms with Gasteiger partial charge in [-0.15, -0.1) is 0 Å². The van der Waals surface area contributed by atoms with Crippen LogP contribution in [0.3, 0.4) is 0 Å². The first-order chi connectivity index (χ1) is 14.1. The molecule has 0 spiro atoms. The van der Waals surface area contributed by atoms with E-state index in [0.29, 0.717) is 36.5 Å². The monoisotopic (exact) mass is 388 g/mol. The lowest BCUT2D eigenvalue weighted by atomic mass is 9.91. The van der Waals surface area contributed by atoms with Crippen LogP contribution >= 0.6 is 0 Å². The molecule has 1 fully saturated rings. The van der Waals surface area contributed by atoms with Crippen LogP contribution in [0, 0.1) is 5.92 Å². The van der Waals surface area contributed by atoms with Crippen molar-refractivity contribution in [3.63, 3.8) is 0 Å². The Balaban J connectivity index is 1.31. The van der Waals surface area contributed by atoms with Gasteiger partial charge < -0.3 is 9.32 Å². The summed E-state index contributed by atoms with van der Waals surface area (Å²) in [6.07, 6.45) is 2.98. The molecule has 0 saturated carbocycles. The number of hydrogen-bond donors (Lipinski definition) is 0. The normalized spacial score (nSPS) is 17.2. The van der Waals surface area contributed by atoms with Crippen LogP contribution in [0.15, 0.2) is 59.2 Å². The van der Waals surface area contributed by atoms with Crippen LogP contribution in [0.5, 0.6) is 0 Å². The Kier molecular flexibility index (Phi) is 4.19. The summed E-state index contributed by atoms with van der Waals surface area (Å²) in [6, 6.07) is 14.5. The Morgan fingerprint density at radius 2 is 1.59 bits per heavy atom. The van der Waals surface area contributed by atoms with Gasteiger partial charge in [0.25, 0.3) is 17.7 Å². The highest BCUT2D eigenvalue weighted by Gasteiger charge is 2.35. The van der Waals surface area contributed by atoms with Crippen LogP contribution in [-0.2, 0) is 0 Å². The summed E-state index contributed by atoms with van der Waals surface area (Å²) in [5, 5.41) is 1.66. The number of likely N-dealkylation sites (tertiary alicyclic amines) is 1. The van der Waals surface area contributed by atoms with Crippen LogP contribution in [0.2, 0.25) is 0 Å². The zero-order valence-corrected chi connectivity index (χ0v) is 15.8. The van der Waals surface area contributed by atoms with Crippen LogP contribution in [0.4, 0.5) is 0 Å². The van der Waals surface area contributed by atoms with Crippen molar-refractivity contribution in [1.29, 1.82) is 0 Å². The highest BCUT2D eigenvalue weighted by Crippen LogP contribution is 2.31. The average molecular weight is 388 g/mol. The van der Waals surface area contributed by atoms with E-state index in [9.17, 15) is 14.4 Å². The molecule has 0 aliphatic carbocycles. The quantitative estimate of drug-likeness (QED) is 0.643. The molecular formula is C23H20N2O4. The molecule has 146 valence electrons. The Morgan fingerprint density at radius 1 is 0.931 bits per heavy atom. The Bertz CT molecular complexity index is 1060. The van der Waals surface area contributed by atoms with Gasteiger partial charge in [0.1, 0.15) is 0 Å². The van der Waals surface area contributed by atoms with Crippen molar-refractivity contribution in [1.82, 2.24) is 9.80 Å². The van der Waals surface area contributed by atoms with Gasteiger partial charge >= 0.3 is 0 Å². The van der Waals surface area contributed by atoms with Gasteiger partial charge in [0.15, 0.2) is 5.76 Å². The minimum Gasteiger partial charge on any atom is -0.459 e. The summed E-state index contributed by atoms with van der Waals surface area (Å²) in [7, 11) is 0. The zero-order chi connectivity index (χ0) is 20.0. The molecule has 0 unspecified atom stereocenters. The van der Waals surface area contributed by atoms with E-state index in [0.717, 1.165) is 23.6 Å². The SMILES string of the molecule is O=C(c1ccco1)N1CCC(CN2C(=O)c3cccc4cccc(c34)C2=O)CC1. The van der Waals surface area contributed by atoms with Crippen molar-refractivity contribution in [2.24, 2.45) is 5.92 Å². The number of carbonyl (C=O) groups is 3. The van der Waals surface area contributed by atoms with Crippen molar-refractivity contribution in [2.75, 3.05) is 19.6 Å².